The molecular formula is C17H16OS. The number of benzene rings is 2. The molecule has 0 heterocycles. The van der Waals surface area contributed by atoms with Crippen LogP contribution in [-0.2, 0) is 6.42 Å². The third kappa shape index (κ3) is 2.21. The van der Waals surface area contributed by atoms with Crippen LogP contribution in [0.1, 0.15) is 33.5 Å². The van der Waals surface area contributed by atoms with Gasteiger partial charge in [0.05, 0.1) is 0 Å². The summed E-state index contributed by atoms with van der Waals surface area (Å²) in [5, 5.41) is 0. The van der Waals surface area contributed by atoms with Crippen LogP contribution in [0.4, 0.5) is 0 Å². The monoisotopic (exact) mass is 268 g/mol. The van der Waals surface area contributed by atoms with E-state index in [2.05, 4.69) is 38.1 Å². The van der Waals surface area contributed by atoms with E-state index in [4.69, 9.17) is 0 Å². The fraction of sp³-hybridized carbons (Fsp3) is 0.235. The van der Waals surface area contributed by atoms with Crippen molar-refractivity contribution in [2.24, 2.45) is 0 Å². The second kappa shape index (κ2) is 4.86. The van der Waals surface area contributed by atoms with Gasteiger partial charge in [0.2, 0.25) is 0 Å². The van der Waals surface area contributed by atoms with Gasteiger partial charge in [-0.15, -0.1) is 0 Å². The van der Waals surface area contributed by atoms with Gasteiger partial charge in [-0.3, -0.25) is 4.79 Å². The number of rotatable bonds is 2. The minimum atomic E-state index is 0.291. The molecular weight excluding hydrogens is 252 g/mol. The van der Waals surface area contributed by atoms with Gasteiger partial charge in [0.25, 0.3) is 0 Å². The zero-order valence-corrected chi connectivity index (χ0v) is 12.0. The molecule has 1 aliphatic carbocycles. The summed E-state index contributed by atoms with van der Waals surface area (Å²) >= 11 is 1.80. The Morgan fingerprint density at radius 3 is 2.37 bits per heavy atom. The van der Waals surface area contributed by atoms with Crippen LogP contribution in [0.3, 0.4) is 0 Å². The smallest absolute Gasteiger partial charge is 0.163 e. The Morgan fingerprint density at radius 1 is 0.947 bits per heavy atom. The van der Waals surface area contributed by atoms with Gasteiger partial charge in [0.1, 0.15) is 0 Å². The lowest BCUT2D eigenvalue weighted by Crippen LogP contribution is -1.92. The van der Waals surface area contributed by atoms with E-state index in [9.17, 15) is 4.79 Å². The number of fused-ring (bicyclic) bond motifs is 1. The molecule has 0 aliphatic heterocycles. The van der Waals surface area contributed by atoms with Gasteiger partial charge in [-0.05, 0) is 43.0 Å². The van der Waals surface area contributed by atoms with Crippen molar-refractivity contribution in [3.8, 4) is 0 Å². The van der Waals surface area contributed by atoms with Crippen molar-refractivity contribution in [1.29, 1.82) is 0 Å². The van der Waals surface area contributed by atoms with Crippen LogP contribution in [0, 0.1) is 13.8 Å². The summed E-state index contributed by atoms with van der Waals surface area (Å²) in [5.41, 5.74) is 4.76. The average Bonchev–Trinajstić information content (AvgIpc) is 2.77. The lowest BCUT2D eigenvalue weighted by Gasteiger charge is -2.11. The standard InChI is InChI=1S/C17H16OS/c1-11-5-3-6-12(2)17(11)19-16-8-4-7-13-14(16)9-10-15(13)18/h3-8H,9-10H2,1-2H3. The third-order valence-corrected chi connectivity index (χ3v) is 5.11. The van der Waals surface area contributed by atoms with Crippen molar-refractivity contribution in [1.82, 2.24) is 0 Å². The van der Waals surface area contributed by atoms with E-state index in [1.165, 1.54) is 26.5 Å². The molecule has 0 fully saturated rings. The van der Waals surface area contributed by atoms with Gasteiger partial charge in [0.15, 0.2) is 5.78 Å². The van der Waals surface area contributed by atoms with E-state index in [-0.39, 0.29) is 0 Å². The SMILES string of the molecule is Cc1cccc(C)c1Sc1cccc2c1CCC2=O. The number of hydrogen-bond donors (Lipinski definition) is 0. The molecule has 1 nitrogen and oxygen atoms in total. The Kier molecular flexibility index (Phi) is 3.19. The summed E-state index contributed by atoms with van der Waals surface area (Å²) < 4.78 is 0. The summed E-state index contributed by atoms with van der Waals surface area (Å²) in [5.74, 6) is 0.291. The lowest BCUT2D eigenvalue weighted by atomic mass is 10.1. The third-order valence-electron chi connectivity index (χ3n) is 3.66. The highest BCUT2D eigenvalue weighted by molar-refractivity contribution is 7.99. The maximum absolute atomic E-state index is 11.8. The summed E-state index contributed by atoms with van der Waals surface area (Å²) in [7, 11) is 0. The first-order chi connectivity index (χ1) is 9.16. The zero-order valence-electron chi connectivity index (χ0n) is 11.2. The molecule has 0 atom stereocenters. The molecule has 2 heteroatoms. The molecule has 0 aromatic heterocycles. The highest BCUT2D eigenvalue weighted by atomic mass is 32.2. The van der Waals surface area contributed by atoms with Crippen molar-refractivity contribution in [2.45, 2.75) is 36.5 Å². The first kappa shape index (κ1) is 12.5. The highest BCUT2D eigenvalue weighted by Gasteiger charge is 2.22. The number of ketones is 1. The molecule has 96 valence electrons. The topological polar surface area (TPSA) is 17.1 Å². The minimum absolute atomic E-state index is 0.291. The Bertz CT molecular complexity index is 638. The number of hydrogen-bond acceptors (Lipinski definition) is 2. The van der Waals surface area contributed by atoms with Gasteiger partial charge in [-0.25, -0.2) is 0 Å². The molecule has 0 saturated carbocycles. The molecule has 19 heavy (non-hydrogen) atoms. The molecule has 2 aromatic carbocycles. The van der Waals surface area contributed by atoms with Crippen LogP contribution in [0.25, 0.3) is 0 Å². The van der Waals surface area contributed by atoms with Crippen LogP contribution in [-0.4, -0.2) is 5.78 Å². The van der Waals surface area contributed by atoms with E-state index in [0.717, 1.165) is 12.0 Å². The Labute approximate surface area is 118 Å². The van der Waals surface area contributed by atoms with Crippen molar-refractivity contribution in [2.75, 3.05) is 0 Å². The maximum Gasteiger partial charge on any atom is 0.163 e. The van der Waals surface area contributed by atoms with Crippen molar-refractivity contribution in [3.05, 3.63) is 58.7 Å². The predicted octanol–water partition coefficient (Wildman–Crippen LogP) is 4.58. The van der Waals surface area contributed by atoms with E-state index in [1.54, 1.807) is 11.8 Å². The quantitative estimate of drug-likeness (QED) is 0.792. The van der Waals surface area contributed by atoms with Gasteiger partial charge in [0, 0.05) is 21.8 Å². The number of Topliss-reactive ketones (excluding diaryl/α,β-unsaturated/α-hetero) is 1. The highest BCUT2D eigenvalue weighted by Crippen LogP contribution is 2.38. The van der Waals surface area contributed by atoms with E-state index >= 15 is 0 Å². The zero-order chi connectivity index (χ0) is 13.4. The van der Waals surface area contributed by atoms with E-state index in [0.29, 0.717) is 12.2 Å². The Hall–Kier alpha value is -1.54. The fourth-order valence-corrected chi connectivity index (χ4v) is 3.78. The molecule has 2 aromatic rings. The maximum atomic E-state index is 11.8. The van der Waals surface area contributed by atoms with Crippen LogP contribution >= 0.6 is 11.8 Å². The fourth-order valence-electron chi connectivity index (χ4n) is 2.62. The van der Waals surface area contributed by atoms with Gasteiger partial charge < -0.3 is 0 Å². The lowest BCUT2D eigenvalue weighted by molar-refractivity contribution is 0.0994. The minimum Gasteiger partial charge on any atom is -0.294 e. The van der Waals surface area contributed by atoms with Crippen molar-refractivity contribution >= 4 is 17.5 Å². The van der Waals surface area contributed by atoms with E-state index in [1.807, 2.05) is 12.1 Å². The van der Waals surface area contributed by atoms with Crippen molar-refractivity contribution < 1.29 is 4.79 Å². The Balaban J connectivity index is 2.04. The molecule has 0 bridgehead atoms. The number of carbonyl (C=O) groups is 1. The molecule has 0 amide bonds. The van der Waals surface area contributed by atoms with Crippen LogP contribution < -0.4 is 0 Å². The molecule has 1 aliphatic rings. The number of carbonyl (C=O) groups excluding carboxylic acids is 1. The first-order valence-corrected chi connectivity index (χ1v) is 7.37. The molecule has 3 rings (SSSR count). The van der Waals surface area contributed by atoms with Gasteiger partial charge >= 0.3 is 0 Å². The summed E-state index contributed by atoms with van der Waals surface area (Å²) in [6, 6.07) is 12.5. The first-order valence-electron chi connectivity index (χ1n) is 6.56. The summed E-state index contributed by atoms with van der Waals surface area (Å²) in [6.45, 7) is 4.29. The van der Waals surface area contributed by atoms with Crippen LogP contribution in [0.5, 0.6) is 0 Å². The second-order valence-corrected chi connectivity index (χ2v) is 6.08. The normalized spacial score (nSPS) is 13.7. The molecule has 0 unspecified atom stereocenters. The second-order valence-electron chi connectivity index (χ2n) is 5.03. The summed E-state index contributed by atoms with van der Waals surface area (Å²) in [6.07, 6.45) is 1.56. The summed E-state index contributed by atoms with van der Waals surface area (Å²) in [4.78, 5) is 14.3. The van der Waals surface area contributed by atoms with Crippen LogP contribution in [0.2, 0.25) is 0 Å². The van der Waals surface area contributed by atoms with E-state index < -0.39 is 0 Å². The largest absolute Gasteiger partial charge is 0.294 e. The van der Waals surface area contributed by atoms with Crippen molar-refractivity contribution in [3.63, 3.8) is 0 Å². The molecule has 0 N–H and O–H groups in total. The van der Waals surface area contributed by atoms with Crippen LogP contribution in [0.15, 0.2) is 46.2 Å². The predicted molar refractivity (Wildman–Crippen MR) is 79.1 cm³/mol. The Morgan fingerprint density at radius 2 is 1.63 bits per heavy atom. The average molecular weight is 268 g/mol. The van der Waals surface area contributed by atoms with Gasteiger partial charge in [-0.1, -0.05) is 42.1 Å². The molecule has 0 saturated heterocycles. The van der Waals surface area contributed by atoms with Gasteiger partial charge in [-0.2, -0.15) is 0 Å². The number of aryl methyl sites for hydroxylation is 2. The molecule has 0 radical (unpaired) electrons. The molecule has 0 spiro atoms.